The van der Waals surface area contributed by atoms with Crippen molar-refractivity contribution in [2.24, 2.45) is 0 Å². The molecule has 0 bridgehead atoms. The summed E-state index contributed by atoms with van der Waals surface area (Å²) in [6.45, 7) is 3.36. The Morgan fingerprint density at radius 2 is 1.79 bits per heavy atom. The third-order valence-electron chi connectivity index (χ3n) is 6.26. The first kappa shape index (κ1) is 17.6. The summed E-state index contributed by atoms with van der Waals surface area (Å²) < 4.78 is 10.9. The molecule has 0 aromatic heterocycles. The van der Waals surface area contributed by atoms with E-state index in [4.69, 9.17) is 9.47 Å². The van der Waals surface area contributed by atoms with E-state index in [9.17, 15) is 4.79 Å². The molecule has 28 heavy (non-hydrogen) atoms. The zero-order valence-electron chi connectivity index (χ0n) is 16.0. The molecule has 5 heteroatoms. The van der Waals surface area contributed by atoms with Gasteiger partial charge >= 0.3 is 0 Å². The van der Waals surface area contributed by atoms with E-state index in [2.05, 4.69) is 22.3 Å². The molecule has 2 fully saturated rings. The van der Waals surface area contributed by atoms with Crippen molar-refractivity contribution in [3.05, 3.63) is 59.7 Å². The maximum atomic E-state index is 13.4. The number of rotatable bonds is 6. The first-order valence-electron chi connectivity index (χ1n) is 10.2. The number of ether oxygens (including phenoxy) is 2. The van der Waals surface area contributed by atoms with E-state index in [1.807, 2.05) is 36.4 Å². The first-order chi connectivity index (χ1) is 13.7. The van der Waals surface area contributed by atoms with Crippen molar-refractivity contribution in [2.75, 3.05) is 26.4 Å². The van der Waals surface area contributed by atoms with Crippen molar-refractivity contribution in [3.63, 3.8) is 0 Å². The molecule has 1 N–H and O–H groups in total. The van der Waals surface area contributed by atoms with Crippen LogP contribution in [0.2, 0.25) is 0 Å². The summed E-state index contributed by atoms with van der Waals surface area (Å²) in [5.41, 5.74) is 1.77. The molecule has 1 aliphatic carbocycles. The second-order valence-electron chi connectivity index (χ2n) is 8.09. The molecule has 0 radical (unpaired) electrons. The number of benzene rings is 2. The Labute approximate surface area is 165 Å². The summed E-state index contributed by atoms with van der Waals surface area (Å²) >= 11 is 0. The summed E-state index contributed by atoms with van der Waals surface area (Å²) in [4.78, 5) is 15.8. The predicted octanol–water partition coefficient (Wildman–Crippen LogP) is 3.40. The highest BCUT2D eigenvalue weighted by Crippen LogP contribution is 2.50. The first-order valence-corrected chi connectivity index (χ1v) is 10.2. The van der Waals surface area contributed by atoms with Gasteiger partial charge in [-0.25, -0.2) is 0 Å². The van der Waals surface area contributed by atoms with Crippen LogP contribution in [0, 0.1) is 0 Å². The summed E-state index contributed by atoms with van der Waals surface area (Å²) in [7, 11) is 0. The van der Waals surface area contributed by atoms with Crippen molar-refractivity contribution < 1.29 is 14.3 Å². The van der Waals surface area contributed by atoms with Crippen LogP contribution in [0.15, 0.2) is 48.5 Å². The molecule has 2 heterocycles. The average molecular weight is 378 g/mol. The maximum absolute atomic E-state index is 13.4. The standard InChI is InChI=1S/C23H26N2O3/c26-22(23(10-11-23)18-8-9-20-21(14-18)28-16-27-20)24-19(15-25-12-4-5-13-25)17-6-2-1-3-7-17/h1-3,6-9,14,19H,4-5,10-13,15-16H2,(H,24,26)/t19-/m1/s1. The van der Waals surface area contributed by atoms with Crippen LogP contribution >= 0.6 is 0 Å². The molecular weight excluding hydrogens is 352 g/mol. The monoisotopic (exact) mass is 378 g/mol. The molecule has 5 rings (SSSR count). The highest BCUT2D eigenvalue weighted by atomic mass is 16.7. The Morgan fingerprint density at radius 1 is 1.04 bits per heavy atom. The van der Waals surface area contributed by atoms with Crippen LogP contribution in [-0.4, -0.2) is 37.2 Å². The van der Waals surface area contributed by atoms with E-state index in [1.165, 1.54) is 18.4 Å². The van der Waals surface area contributed by atoms with Gasteiger partial charge in [0, 0.05) is 6.54 Å². The maximum Gasteiger partial charge on any atom is 0.231 e. The largest absolute Gasteiger partial charge is 0.454 e. The molecule has 1 saturated heterocycles. The minimum absolute atomic E-state index is 0.0123. The van der Waals surface area contributed by atoms with Gasteiger partial charge in [0.05, 0.1) is 11.5 Å². The molecule has 2 aliphatic heterocycles. The van der Waals surface area contributed by atoms with Crippen LogP contribution in [0.1, 0.15) is 42.9 Å². The van der Waals surface area contributed by atoms with Crippen LogP contribution < -0.4 is 14.8 Å². The number of carbonyl (C=O) groups excluding carboxylic acids is 1. The van der Waals surface area contributed by atoms with Crippen LogP contribution in [-0.2, 0) is 10.2 Å². The molecule has 1 atom stereocenters. The van der Waals surface area contributed by atoms with E-state index < -0.39 is 5.41 Å². The van der Waals surface area contributed by atoms with Crippen LogP contribution in [0.25, 0.3) is 0 Å². The third-order valence-corrected chi connectivity index (χ3v) is 6.26. The van der Waals surface area contributed by atoms with Gasteiger partial charge in [-0.2, -0.15) is 0 Å². The Kier molecular flexibility index (Phi) is 4.47. The lowest BCUT2D eigenvalue weighted by molar-refractivity contribution is -0.124. The fourth-order valence-corrected chi connectivity index (χ4v) is 4.41. The van der Waals surface area contributed by atoms with Crippen molar-refractivity contribution in [1.29, 1.82) is 0 Å². The molecule has 0 unspecified atom stereocenters. The van der Waals surface area contributed by atoms with Gasteiger partial charge in [-0.3, -0.25) is 4.79 Å². The minimum atomic E-state index is -0.432. The number of likely N-dealkylation sites (tertiary alicyclic amines) is 1. The molecular formula is C23H26N2O3. The summed E-state index contributed by atoms with van der Waals surface area (Å²) in [5.74, 6) is 1.63. The number of hydrogen-bond donors (Lipinski definition) is 1. The number of fused-ring (bicyclic) bond motifs is 1. The Balaban J connectivity index is 1.37. The van der Waals surface area contributed by atoms with Gasteiger partial charge in [-0.15, -0.1) is 0 Å². The second-order valence-corrected chi connectivity index (χ2v) is 8.09. The fraction of sp³-hybridized carbons (Fsp3) is 0.435. The second kappa shape index (κ2) is 7.13. The van der Waals surface area contributed by atoms with E-state index in [0.717, 1.165) is 49.5 Å². The van der Waals surface area contributed by atoms with E-state index in [1.54, 1.807) is 0 Å². The summed E-state index contributed by atoms with van der Waals surface area (Å²) in [6.07, 6.45) is 4.25. The number of hydrogen-bond acceptors (Lipinski definition) is 4. The lowest BCUT2D eigenvalue weighted by Crippen LogP contribution is -2.41. The van der Waals surface area contributed by atoms with E-state index in [-0.39, 0.29) is 18.7 Å². The highest BCUT2D eigenvalue weighted by Gasteiger charge is 2.52. The normalized spacial score (nSPS) is 20.7. The molecule has 2 aromatic carbocycles. The summed E-state index contributed by atoms with van der Waals surface area (Å²) in [5, 5.41) is 3.38. The number of nitrogens with zero attached hydrogens (tertiary/aromatic N) is 1. The average Bonchev–Trinajstić information content (AvgIpc) is 3.14. The van der Waals surface area contributed by atoms with Crippen LogP contribution in [0.4, 0.5) is 0 Å². The topological polar surface area (TPSA) is 50.8 Å². The number of carbonyl (C=O) groups is 1. The quantitative estimate of drug-likeness (QED) is 0.837. The van der Waals surface area contributed by atoms with Gasteiger partial charge in [0.1, 0.15) is 0 Å². The predicted molar refractivity (Wildman–Crippen MR) is 106 cm³/mol. The van der Waals surface area contributed by atoms with Crippen molar-refractivity contribution in [2.45, 2.75) is 37.1 Å². The van der Waals surface area contributed by atoms with E-state index in [0.29, 0.717) is 0 Å². The van der Waals surface area contributed by atoms with Crippen molar-refractivity contribution in [3.8, 4) is 11.5 Å². The van der Waals surface area contributed by atoms with Gasteiger partial charge in [-0.1, -0.05) is 36.4 Å². The zero-order chi connectivity index (χ0) is 19.0. The minimum Gasteiger partial charge on any atom is -0.454 e. The van der Waals surface area contributed by atoms with Crippen LogP contribution in [0.5, 0.6) is 11.5 Å². The van der Waals surface area contributed by atoms with Gasteiger partial charge < -0.3 is 19.7 Å². The van der Waals surface area contributed by atoms with Gasteiger partial charge in [0.15, 0.2) is 11.5 Å². The lowest BCUT2D eigenvalue weighted by Gasteiger charge is -2.27. The van der Waals surface area contributed by atoms with E-state index >= 15 is 0 Å². The van der Waals surface area contributed by atoms with Crippen molar-refractivity contribution >= 4 is 5.91 Å². The molecule has 1 saturated carbocycles. The Hall–Kier alpha value is -2.53. The van der Waals surface area contributed by atoms with Gasteiger partial charge in [0.2, 0.25) is 12.7 Å². The molecule has 3 aliphatic rings. The smallest absolute Gasteiger partial charge is 0.231 e. The van der Waals surface area contributed by atoms with Crippen LogP contribution in [0.3, 0.4) is 0 Å². The fourth-order valence-electron chi connectivity index (χ4n) is 4.41. The number of amides is 1. The highest BCUT2D eigenvalue weighted by molar-refractivity contribution is 5.91. The third kappa shape index (κ3) is 3.24. The van der Waals surface area contributed by atoms with Gasteiger partial charge in [0.25, 0.3) is 0 Å². The SMILES string of the molecule is O=C(N[C@H](CN1CCCC1)c1ccccc1)C1(c2ccc3c(c2)OCO3)CC1. The molecule has 1 amide bonds. The molecule has 146 valence electrons. The van der Waals surface area contributed by atoms with Crippen molar-refractivity contribution in [1.82, 2.24) is 10.2 Å². The zero-order valence-corrected chi connectivity index (χ0v) is 16.0. The summed E-state index contributed by atoms with van der Waals surface area (Å²) in [6, 6.07) is 16.3. The Morgan fingerprint density at radius 3 is 2.54 bits per heavy atom. The Bertz CT molecular complexity index is 857. The lowest BCUT2D eigenvalue weighted by atomic mass is 9.93. The number of nitrogens with one attached hydrogen (secondary N) is 1. The molecule has 0 spiro atoms. The molecule has 2 aromatic rings. The van der Waals surface area contributed by atoms with Gasteiger partial charge in [-0.05, 0) is 62.0 Å². The molecule has 5 nitrogen and oxygen atoms in total.